The van der Waals surface area contributed by atoms with Gasteiger partial charge in [-0.2, -0.15) is 0 Å². The van der Waals surface area contributed by atoms with E-state index in [0.29, 0.717) is 32.5 Å². The van der Waals surface area contributed by atoms with Crippen molar-refractivity contribution in [3.8, 4) is 0 Å². The van der Waals surface area contributed by atoms with Crippen LogP contribution >= 0.6 is 0 Å². The van der Waals surface area contributed by atoms with Crippen LogP contribution in [-0.4, -0.2) is 42.5 Å². The van der Waals surface area contributed by atoms with Crippen molar-refractivity contribution in [2.24, 2.45) is 0 Å². The first-order valence-corrected chi connectivity index (χ1v) is 7.69. The topological polar surface area (TPSA) is 58.6 Å². The van der Waals surface area contributed by atoms with Crippen molar-refractivity contribution in [1.29, 1.82) is 0 Å². The van der Waals surface area contributed by atoms with Crippen molar-refractivity contribution in [2.75, 3.05) is 20.3 Å². The zero-order chi connectivity index (χ0) is 16.0. The smallest absolute Gasteiger partial charge is 0.245 e. The summed E-state index contributed by atoms with van der Waals surface area (Å²) in [7, 11) is 1.64. The predicted octanol–water partition coefficient (Wildman–Crippen LogP) is 1.72. The first kappa shape index (κ1) is 16.5. The molecule has 1 unspecified atom stereocenters. The molecule has 5 nitrogen and oxygen atoms in total. The van der Waals surface area contributed by atoms with Crippen LogP contribution in [0, 0.1) is 0 Å². The lowest BCUT2D eigenvalue weighted by Crippen LogP contribution is -2.54. The number of amides is 2. The van der Waals surface area contributed by atoms with Crippen molar-refractivity contribution in [3.63, 3.8) is 0 Å². The average Bonchev–Trinajstić information content (AvgIpc) is 2.83. The molecule has 0 aromatic heterocycles. The summed E-state index contributed by atoms with van der Waals surface area (Å²) in [6, 6.07) is 9.77. The summed E-state index contributed by atoms with van der Waals surface area (Å²) in [5.41, 5.74) is 0.300. The normalized spacial score (nSPS) is 21.2. The zero-order valence-electron chi connectivity index (χ0n) is 13.3. The third kappa shape index (κ3) is 3.65. The molecule has 0 bridgehead atoms. The van der Waals surface area contributed by atoms with E-state index in [-0.39, 0.29) is 11.8 Å². The number of nitrogens with one attached hydrogen (secondary N) is 1. The summed E-state index contributed by atoms with van der Waals surface area (Å²) < 4.78 is 5.03. The Morgan fingerprint density at radius 1 is 1.36 bits per heavy atom. The van der Waals surface area contributed by atoms with Gasteiger partial charge in [0.1, 0.15) is 5.54 Å². The highest BCUT2D eigenvalue weighted by molar-refractivity contribution is 5.94. The molecule has 1 aromatic rings. The molecule has 1 heterocycles. The number of ether oxygens (including phenoxy) is 1. The molecular weight excluding hydrogens is 280 g/mol. The van der Waals surface area contributed by atoms with Gasteiger partial charge >= 0.3 is 0 Å². The number of rotatable bonds is 7. The van der Waals surface area contributed by atoms with Crippen LogP contribution < -0.4 is 5.32 Å². The van der Waals surface area contributed by atoms with Gasteiger partial charge in [0.2, 0.25) is 11.8 Å². The molecule has 1 fully saturated rings. The van der Waals surface area contributed by atoms with Gasteiger partial charge in [0.05, 0.1) is 0 Å². The van der Waals surface area contributed by atoms with Gasteiger partial charge in [-0.3, -0.25) is 9.59 Å². The van der Waals surface area contributed by atoms with E-state index < -0.39 is 5.54 Å². The van der Waals surface area contributed by atoms with E-state index in [1.165, 1.54) is 0 Å². The fraction of sp³-hybridized carbons (Fsp3) is 0.529. The lowest BCUT2D eigenvalue weighted by Gasteiger charge is -2.34. The summed E-state index contributed by atoms with van der Waals surface area (Å²) in [6.07, 6.45) is 1.74. The van der Waals surface area contributed by atoms with Gasteiger partial charge in [-0.1, -0.05) is 30.3 Å². The molecule has 1 N–H and O–H groups in total. The number of nitrogens with zero attached hydrogens (tertiary/aromatic N) is 1. The second kappa shape index (κ2) is 7.40. The van der Waals surface area contributed by atoms with E-state index in [9.17, 15) is 9.59 Å². The van der Waals surface area contributed by atoms with Crippen LogP contribution in [0.25, 0.3) is 0 Å². The number of carbonyl (C=O) groups excluding carboxylic acids is 2. The van der Waals surface area contributed by atoms with Gasteiger partial charge < -0.3 is 15.0 Å². The fourth-order valence-electron chi connectivity index (χ4n) is 2.84. The molecule has 2 rings (SSSR count). The average molecular weight is 304 g/mol. The summed E-state index contributed by atoms with van der Waals surface area (Å²) >= 11 is 0. The standard InChI is InChI=1S/C17H24N2O3/c1-17(10-9-15(20)19(17)11-6-12-22-2)16(21)18-13-14-7-4-3-5-8-14/h3-5,7-8H,6,9-13H2,1-2H3,(H,18,21). The maximum atomic E-state index is 12.6. The second-order valence-electron chi connectivity index (χ2n) is 5.83. The first-order valence-electron chi connectivity index (χ1n) is 7.69. The van der Waals surface area contributed by atoms with Crippen LogP contribution in [0.5, 0.6) is 0 Å². The van der Waals surface area contributed by atoms with Gasteiger partial charge in [-0.25, -0.2) is 0 Å². The Morgan fingerprint density at radius 3 is 2.77 bits per heavy atom. The second-order valence-corrected chi connectivity index (χ2v) is 5.83. The van der Waals surface area contributed by atoms with E-state index in [0.717, 1.165) is 12.0 Å². The van der Waals surface area contributed by atoms with Gasteiger partial charge in [-0.15, -0.1) is 0 Å². The number of carbonyl (C=O) groups is 2. The number of methoxy groups -OCH3 is 1. The summed E-state index contributed by atoms with van der Waals surface area (Å²) in [5.74, 6) is -0.0342. The molecule has 0 radical (unpaired) electrons. The highest BCUT2D eigenvalue weighted by Gasteiger charge is 2.46. The summed E-state index contributed by atoms with van der Waals surface area (Å²) in [6.45, 7) is 3.48. The fourth-order valence-corrected chi connectivity index (χ4v) is 2.84. The predicted molar refractivity (Wildman–Crippen MR) is 84.1 cm³/mol. The molecule has 1 aliphatic rings. The minimum atomic E-state index is -0.750. The highest BCUT2D eigenvalue weighted by atomic mass is 16.5. The van der Waals surface area contributed by atoms with E-state index in [4.69, 9.17) is 4.74 Å². The van der Waals surface area contributed by atoms with Crippen molar-refractivity contribution in [2.45, 2.75) is 38.3 Å². The SMILES string of the molecule is COCCCN1C(=O)CCC1(C)C(=O)NCc1ccccc1. The molecule has 1 aromatic carbocycles. The van der Waals surface area contributed by atoms with E-state index in [2.05, 4.69) is 5.32 Å². The van der Waals surface area contributed by atoms with Gasteiger partial charge in [0.15, 0.2) is 0 Å². The molecule has 22 heavy (non-hydrogen) atoms. The Balaban J connectivity index is 1.97. The van der Waals surface area contributed by atoms with Crippen LogP contribution in [0.15, 0.2) is 30.3 Å². The minimum Gasteiger partial charge on any atom is -0.385 e. The lowest BCUT2D eigenvalue weighted by atomic mass is 9.97. The summed E-state index contributed by atoms with van der Waals surface area (Å²) in [4.78, 5) is 26.4. The van der Waals surface area contributed by atoms with E-state index >= 15 is 0 Å². The first-order chi connectivity index (χ1) is 10.6. The molecule has 120 valence electrons. The Bertz CT molecular complexity index is 518. The van der Waals surface area contributed by atoms with Crippen LogP contribution in [0.2, 0.25) is 0 Å². The quantitative estimate of drug-likeness (QED) is 0.780. The van der Waals surface area contributed by atoms with Gasteiger partial charge in [0, 0.05) is 33.2 Å². The largest absolute Gasteiger partial charge is 0.385 e. The van der Waals surface area contributed by atoms with Gasteiger partial charge in [0.25, 0.3) is 0 Å². The molecular formula is C17H24N2O3. The third-order valence-electron chi connectivity index (χ3n) is 4.24. The van der Waals surface area contributed by atoms with Crippen LogP contribution in [0.4, 0.5) is 0 Å². The van der Waals surface area contributed by atoms with Crippen molar-refractivity contribution in [3.05, 3.63) is 35.9 Å². The Hall–Kier alpha value is -1.88. The van der Waals surface area contributed by atoms with Crippen molar-refractivity contribution in [1.82, 2.24) is 10.2 Å². The number of benzene rings is 1. The third-order valence-corrected chi connectivity index (χ3v) is 4.24. The maximum absolute atomic E-state index is 12.6. The number of likely N-dealkylation sites (tertiary alicyclic amines) is 1. The molecule has 0 spiro atoms. The van der Waals surface area contributed by atoms with Crippen molar-refractivity contribution >= 4 is 11.8 Å². The van der Waals surface area contributed by atoms with Crippen molar-refractivity contribution < 1.29 is 14.3 Å². The minimum absolute atomic E-state index is 0.0495. The number of hydrogen-bond donors (Lipinski definition) is 1. The van der Waals surface area contributed by atoms with E-state index in [1.807, 2.05) is 37.3 Å². The molecule has 1 aliphatic heterocycles. The zero-order valence-corrected chi connectivity index (χ0v) is 13.3. The number of hydrogen-bond acceptors (Lipinski definition) is 3. The molecule has 1 saturated heterocycles. The van der Waals surface area contributed by atoms with Crippen LogP contribution in [-0.2, 0) is 20.9 Å². The Kier molecular flexibility index (Phi) is 5.55. The molecule has 0 aliphatic carbocycles. The Labute approximate surface area is 131 Å². The maximum Gasteiger partial charge on any atom is 0.245 e. The molecule has 1 atom stereocenters. The molecule has 2 amide bonds. The molecule has 5 heteroatoms. The van der Waals surface area contributed by atoms with E-state index in [1.54, 1.807) is 12.0 Å². The highest BCUT2D eigenvalue weighted by Crippen LogP contribution is 2.30. The monoisotopic (exact) mass is 304 g/mol. The van der Waals surface area contributed by atoms with Gasteiger partial charge in [-0.05, 0) is 25.3 Å². The van der Waals surface area contributed by atoms with Crippen LogP contribution in [0.3, 0.4) is 0 Å². The lowest BCUT2D eigenvalue weighted by molar-refractivity contribution is -0.140. The van der Waals surface area contributed by atoms with Crippen LogP contribution in [0.1, 0.15) is 31.7 Å². The summed E-state index contributed by atoms with van der Waals surface area (Å²) in [5, 5.41) is 2.96. The molecule has 0 saturated carbocycles. The Morgan fingerprint density at radius 2 is 2.09 bits per heavy atom.